The Morgan fingerprint density at radius 2 is 2.20 bits per heavy atom. The molecule has 1 amide bonds. The number of amides is 1. The highest BCUT2D eigenvalue weighted by molar-refractivity contribution is 7.16. The molecule has 106 valence electrons. The third kappa shape index (κ3) is 3.26. The van der Waals surface area contributed by atoms with Gasteiger partial charge in [-0.1, -0.05) is 22.9 Å². The zero-order valence-corrected chi connectivity index (χ0v) is 12.6. The van der Waals surface area contributed by atoms with Gasteiger partial charge in [0.1, 0.15) is 0 Å². The predicted octanol–water partition coefficient (Wildman–Crippen LogP) is 2.37. The average molecular weight is 313 g/mol. The van der Waals surface area contributed by atoms with E-state index in [1.807, 2.05) is 16.7 Å². The third-order valence-electron chi connectivity index (χ3n) is 2.67. The molecule has 1 heterocycles. The van der Waals surface area contributed by atoms with Crippen LogP contribution in [0, 0.1) is 0 Å². The van der Waals surface area contributed by atoms with Gasteiger partial charge in [0.25, 0.3) is 0 Å². The van der Waals surface area contributed by atoms with Crippen LogP contribution in [0.25, 0.3) is 10.2 Å². The Hall–Kier alpha value is -1.66. The monoisotopic (exact) mass is 312 g/mol. The highest BCUT2D eigenvalue weighted by Gasteiger charge is 2.09. The van der Waals surface area contributed by atoms with Crippen molar-refractivity contribution < 1.29 is 14.3 Å². The molecule has 0 fully saturated rings. The number of halogens is 1. The molecule has 0 spiro atoms. The van der Waals surface area contributed by atoms with Gasteiger partial charge in [0.15, 0.2) is 4.80 Å². The van der Waals surface area contributed by atoms with Crippen molar-refractivity contribution in [3.63, 3.8) is 0 Å². The minimum absolute atomic E-state index is 0.218. The Labute approximate surface area is 124 Å². The zero-order chi connectivity index (χ0) is 14.7. The second-order valence-corrected chi connectivity index (χ2v) is 5.55. The molecule has 7 heteroatoms. The van der Waals surface area contributed by atoms with E-state index < -0.39 is 0 Å². The van der Waals surface area contributed by atoms with E-state index >= 15 is 0 Å². The highest BCUT2D eigenvalue weighted by Crippen LogP contribution is 2.22. The van der Waals surface area contributed by atoms with Gasteiger partial charge in [0.05, 0.1) is 23.7 Å². The fourth-order valence-electron chi connectivity index (χ4n) is 1.79. The zero-order valence-electron chi connectivity index (χ0n) is 11.1. The van der Waals surface area contributed by atoms with Crippen molar-refractivity contribution in [3.05, 3.63) is 28.0 Å². The largest absolute Gasteiger partial charge is 0.469 e. The Morgan fingerprint density at radius 3 is 2.85 bits per heavy atom. The number of fused-ring (bicyclic) bond motifs is 1. The number of aromatic nitrogens is 1. The van der Waals surface area contributed by atoms with Crippen molar-refractivity contribution in [1.82, 2.24) is 4.57 Å². The molecule has 1 aromatic heterocycles. The Bertz CT molecular complexity index is 733. The molecule has 0 aliphatic carbocycles. The SMILES string of the molecule is COC(=O)CCn1c(=NC(C)=O)sc2cc(Cl)ccc21. The molecule has 2 rings (SSSR count). The van der Waals surface area contributed by atoms with E-state index in [9.17, 15) is 9.59 Å². The maximum atomic E-state index is 11.3. The molecule has 0 saturated heterocycles. The Morgan fingerprint density at radius 1 is 1.45 bits per heavy atom. The van der Waals surface area contributed by atoms with Crippen molar-refractivity contribution >= 4 is 45.0 Å². The number of benzene rings is 1. The fourth-order valence-corrected chi connectivity index (χ4v) is 3.16. The van der Waals surface area contributed by atoms with E-state index in [2.05, 4.69) is 9.73 Å². The quantitative estimate of drug-likeness (QED) is 0.817. The lowest BCUT2D eigenvalue weighted by molar-refractivity contribution is -0.140. The van der Waals surface area contributed by atoms with Gasteiger partial charge in [-0.3, -0.25) is 9.59 Å². The molecule has 0 unspecified atom stereocenters. The van der Waals surface area contributed by atoms with Gasteiger partial charge >= 0.3 is 5.97 Å². The highest BCUT2D eigenvalue weighted by atomic mass is 35.5. The number of esters is 1. The van der Waals surface area contributed by atoms with E-state index in [0.29, 0.717) is 16.4 Å². The number of methoxy groups -OCH3 is 1. The van der Waals surface area contributed by atoms with E-state index in [-0.39, 0.29) is 18.3 Å². The molecular weight excluding hydrogens is 300 g/mol. The maximum absolute atomic E-state index is 11.3. The topological polar surface area (TPSA) is 60.7 Å². The molecule has 20 heavy (non-hydrogen) atoms. The number of hydrogen-bond donors (Lipinski definition) is 0. The first-order valence-corrected chi connectivity index (χ1v) is 7.11. The number of thiazole rings is 1. The Balaban J connectivity index is 2.53. The molecule has 0 bridgehead atoms. The number of aryl methyl sites for hydroxylation is 1. The van der Waals surface area contributed by atoms with E-state index in [0.717, 1.165) is 10.2 Å². The lowest BCUT2D eigenvalue weighted by Crippen LogP contribution is -2.18. The van der Waals surface area contributed by atoms with Crippen molar-refractivity contribution in [2.75, 3.05) is 7.11 Å². The molecule has 1 aromatic carbocycles. The van der Waals surface area contributed by atoms with Crippen LogP contribution >= 0.6 is 22.9 Å². The van der Waals surface area contributed by atoms with Crippen LogP contribution in [0.3, 0.4) is 0 Å². The molecule has 5 nitrogen and oxygen atoms in total. The smallest absolute Gasteiger partial charge is 0.307 e. The normalized spacial score (nSPS) is 11.8. The minimum Gasteiger partial charge on any atom is -0.469 e. The van der Waals surface area contributed by atoms with Gasteiger partial charge in [0, 0.05) is 18.5 Å². The van der Waals surface area contributed by atoms with Crippen LogP contribution in [-0.2, 0) is 20.9 Å². The van der Waals surface area contributed by atoms with E-state index in [1.54, 1.807) is 6.07 Å². The summed E-state index contributed by atoms with van der Waals surface area (Å²) in [4.78, 5) is 27.0. The summed E-state index contributed by atoms with van der Waals surface area (Å²) in [7, 11) is 1.35. The standard InChI is InChI=1S/C13H13ClN2O3S/c1-8(17)15-13-16(6-5-12(18)19-2)10-4-3-9(14)7-11(10)20-13/h3-4,7H,5-6H2,1-2H3. The third-order valence-corrected chi connectivity index (χ3v) is 3.94. The first-order chi connectivity index (χ1) is 9.51. The van der Waals surface area contributed by atoms with Gasteiger partial charge in [-0.25, -0.2) is 0 Å². The molecule has 0 saturated carbocycles. The number of carbonyl (C=O) groups excluding carboxylic acids is 2. The van der Waals surface area contributed by atoms with Crippen LogP contribution in [0.4, 0.5) is 0 Å². The van der Waals surface area contributed by atoms with Crippen LogP contribution in [0.2, 0.25) is 5.02 Å². The first-order valence-electron chi connectivity index (χ1n) is 5.92. The minimum atomic E-state index is -0.306. The van der Waals surface area contributed by atoms with Crippen molar-refractivity contribution in [2.24, 2.45) is 4.99 Å². The van der Waals surface area contributed by atoms with E-state index in [1.165, 1.54) is 25.4 Å². The summed E-state index contributed by atoms with van der Waals surface area (Å²) in [6.07, 6.45) is 0.218. The lowest BCUT2D eigenvalue weighted by atomic mass is 10.3. The van der Waals surface area contributed by atoms with Crippen LogP contribution in [-0.4, -0.2) is 23.6 Å². The lowest BCUT2D eigenvalue weighted by Gasteiger charge is -2.04. The van der Waals surface area contributed by atoms with Gasteiger partial charge in [-0.15, -0.1) is 0 Å². The number of rotatable bonds is 3. The van der Waals surface area contributed by atoms with Gasteiger partial charge in [-0.05, 0) is 18.2 Å². The number of carbonyl (C=O) groups is 2. The number of hydrogen-bond acceptors (Lipinski definition) is 4. The summed E-state index contributed by atoms with van der Waals surface area (Å²) in [5.74, 6) is -0.589. The fraction of sp³-hybridized carbons (Fsp3) is 0.308. The van der Waals surface area contributed by atoms with Crippen molar-refractivity contribution in [3.8, 4) is 0 Å². The molecule has 0 aliphatic heterocycles. The summed E-state index contributed by atoms with van der Waals surface area (Å²) < 4.78 is 7.38. The van der Waals surface area contributed by atoms with Crippen LogP contribution in [0.1, 0.15) is 13.3 Å². The number of ether oxygens (including phenoxy) is 1. The second-order valence-electron chi connectivity index (χ2n) is 4.11. The molecule has 2 aromatic rings. The molecule has 0 aliphatic rings. The summed E-state index contributed by atoms with van der Waals surface area (Å²) >= 11 is 7.33. The average Bonchev–Trinajstić information content (AvgIpc) is 2.71. The molecule has 0 N–H and O–H groups in total. The van der Waals surface area contributed by atoms with Gasteiger partial charge in [-0.2, -0.15) is 4.99 Å². The molecule has 0 atom stereocenters. The van der Waals surface area contributed by atoms with Crippen LogP contribution in [0.15, 0.2) is 23.2 Å². The summed E-state index contributed by atoms with van der Waals surface area (Å²) in [6, 6.07) is 5.43. The second kappa shape index (κ2) is 6.19. The van der Waals surface area contributed by atoms with Gasteiger partial charge < -0.3 is 9.30 Å². The van der Waals surface area contributed by atoms with Crippen LogP contribution in [0.5, 0.6) is 0 Å². The molecule has 0 radical (unpaired) electrons. The first kappa shape index (κ1) is 14.7. The summed E-state index contributed by atoms with van der Waals surface area (Å²) in [5, 5.41) is 0.619. The van der Waals surface area contributed by atoms with Crippen LogP contribution < -0.4 is 4.80 Å². The summed E-state index contributed by atoms with van der Waals surface area (Å²) in [5.41, 5.74) is 0.892. The Kier molecular flexibility index (Phi) is 4.57. The van der Waals surface area contributed by atoms with Crippen molar-refractivity contribution in [2.45, 2.75) is 19.9 Å². The van der Waals surface area contributed by atoms with Crippen molar-refractivity contribution in [1.29, 1.82) is 0 Å². The molecular formula is C13H13ClN2O3S. The predicted molar refractivity (Wildman–Crippen MR) is 77.7 cm³/mol. The summed E-state index contributed by atoms with van der Waals surface area (Å²) in [6.45, 7) is 1.79. The number of nitrogens with zero attached hydrogens (tertiary/aromatic N) is 2. The van der Waals surface area contributed by atoms with Gasteiger partial charge in [0.2, 0.25) is 5.91 Å². The maximum Gasteiger partial charge on any atom is 0.307 e. The van der Waals surface area contributed by atoms with E-state index in [4.69, 9.17) is 11.6 Å².